The Morgan fingerprint density at radius 3 is 2.64 bits per heavy atom. The Kier molecular flexibility index (Phi) is 4.56. The summed E-state index contributed by atoms with van der Waals surface area (Å²) in [6.45, 7) is 3.74. The van der Waals surface area contributed by atoms with Crippen LogP contribution in [0.25, 0.3) is 16.9 Å². The second-order valence-corrected chi connectivity index (χ2v) is 9.50. The summed E-state index contributed by atoms with van der Waals surface area (Å²) in [4.78, 5) is 5.50. The Labute approximate surface area is 166 Å². The van der Waals surface area contributed by atoms with Gasteiger partial charge in [-0.05, 0) is 43.7 Å². The highest BCUT2D eigenvalue weighted by molar-refractivity contribution is 7.94. The number of rotatable bonds is 5. The number of methoxy groups -OCH3 is 1. The molecule has 0 fully saturated rings. The maximum atomic E-state index is 12.7. The van der Waals surface area contributed by atoms with Crippen LogP contribution in [0, 0.1) is 13.8 Å². The summed E-state index contributed by atoms with van der Waals surface area (Å²) >= 11 is 1.24. The van der Waals surface area contributed by atoms with E-state index in [0.29, 0.717) is 27.1 Å². The van der Waals surface area contributed by atoms with Gasteiger partial charge in [-0.3, -0.25) is 4.72 Å². The second-order valence-electron chi connectivity index (χ2n) is 6.30. The maximum Gasteiger partial charge on any atom is 0.271 e. The van der Waals surface area contributed by atoms with Gasteiger partial charge in [0.2, 0.25) is 5.88 Å². The zero-order chi connectivity index (χ0) is 19.9. The number of hydrogen-bond donors (Lipinski definition) is 1. The zero-order valence-corrected chi connectivity index (χ0v) is 17.1. The quantitative estimate of drug-likeness (QED) is 0.536. The van der Waals surface area contributed by atoms with E-state index in [-0.39, 0.29) is 0 Å². The molecule has 144 valence electrons. The van der Waals surface area contributed by atoms with Crippen LogP contribution in [0.4, 0.5) is 5.69 Å². The van der Waals surface area contributed by atoms with Gasteiger partial charge in [-0.1, -0.05) is 12.1 Å². The number of nitrogens with one attached hydrogen (secondary N) is 1. The van der Waals surface area contributed by atoms with Crippen LogP contribution >= 0.6 is 11.3 Å². The van der Waals surface area contributed by atoms with E-state index in [4.69, 9.17) is 4.74 Å². The van der Waals surface area contributed by atoms with Crippen LogP contribution in [0.15, 0.2) is 52.9 Å². The van der Waals surface area contributed by atoms with Crippen LogP contribution in [0.2, 0.25) is 0 Å². The molecule has 28 heavy (non-hydrogen) atoms. The number of sulfonamides is 1. The third-order valence-corrected chi connectivity index (χ3v) is 7.12. The molecule has 9 heteroatoms. The van der Waals surface area contributed by atoms with Crippen LogP contribution in [0.5, 0.6) is 5.88 Å². The number of hydrogen-bond acceptors (Lipinski definition) is 6. The highest BCUT2D eigenvalue weighted by Crippen LogP contribution is 2.29. The molecule has 0 spiro atoms. The molecule has 0 aliphatic rings. The second kappa shape index (κ2) is 6.92. The molecule has 1 N–H and O–H groups in total. The van der Waals surface area contributed by atoms with Gasteiger partial charge in [0, 0.05) is 16.5 Å². The first-order valence-corrected chi connectivity index (χ1v) is 10.8. The van der Waals surface area contributed by atoms with Crippen molar-refractivity contribution in [1.82, 2.24) is 14.6 Å². The molecule has 0 aliphatic heterocycles. The number of anilines is 1. The van der Waals surface area contributed by atoms with E-state index < -0.39 is 10.0 Å². The Bertz CT molecular complexity index is 1280. The first kappa shape index (κ1) is 18.5. The number of imidazole rings is 1. The van der Waals surface area contributed by atoms with Crippen molar-refractivity contribution in [1.29, 1.82) is 0 Å². The topological polar surface area (TPSA) is 85.6 Å². The van der Waals surface area contributed by atoms with E-state index in [1.54, 1.807) is 42.1 Å². The summed E-state index contributed by atoms with van der Waals surface area (Å²) in [6, 6.07) is 12.5. The van der Waals surface area contributed by atoms with Crippen LogP contribution < -0.4 is 9.46 Å². The number of thiophene rings is 1. The van der Waals surface area contributed by atoms with Crippen molar-refractivity contribution in [2.75, 3.05) is 11.8 Å². The molecule has 0 saturated heterocycles. The average Bonchev–Trinajstić information content (AvgIpc) is 3.29. The lowest BCUT2D eigenvalue weighted by Crippen LogP contribution is -2.12. The van der Waals surface area contributed by atoms with Crippen LogP contribution in [-0.2, 0) is 10.0 Å². The lowest BCUT2D eigenvalue weighted by molar-refractivity contribution is 0.390. The van der Waals surface area contributed by atoms with Gasteiger partial charge < -0.3 is 4.74 Å². The highest BCUT2D eigenvalue weighted by atomic mass is 32.2. The lowest BCUT2D eigenvalue weighted by atomic mass is 10.1. The van der Waals surface area contributed by atoms with E-state index in [1.165, 1.54) is 11.3 Å². The van der Waals surface area contributed by atoms with E-state index in [2.05, 4.69) is 14.8 Å². The molecular formula is C19H18N4O3S2. The Morgan fingerprint density at radius 1 is 1.11 bits per heavy atom. The smallest absolute Gasteiger partial charge is 0.271 e. The number of nitrogens with zero attached hydrogens (tertiary/aromatic N) is 3. The first-order chi connectivity index (χ1) is 13.4. The molecular weight excluding hydrogens is 396 g/mol. The fraction of sp³-hybridized carbons (Fsp3) is 0.158. The van der Waals surface area contributed by atoms with Gasteiger partial charge in [0.05, 0.1) is 24.7 Å². The van der Waals surface area contributed by atoms with Gasteiger partial charge in [-0.25, -0.2) is 17.9 Å². The molecule has 0 unspecified atom stereocenters. The normalized spacial score (nSPS) is 11.7. The van der Waals surface area contributed by atoms with Gasteiger partial charge >= 0.3 is 0 Å². The standard InChI is InChI=1S/C19H18N4O3S2/c1-12-4-6-14(16-11-23-17(20-16)7-8-18(21-23)26-3)10-15(12)22-28(24,25)19-9-5-13(2)27-19/h4-11,22H,1-3H3. The molecule has 3 heterocycles. The SMILES string of the molecule is COc1ccc2nc(-c3ccc(C)c(NS(=O)(=O)c4ccc(C)s4)c3)cn2n1. The molecule has 4 rings (SSSR count). The number of aryl methyl sites for hydroxylation is 2. The largest absolute Gasteiger partial charge is 0.480 e. The van der Waals surface area contributed by atoms with E-state index in [1.807, 2.05) is 32.0 Å². The summed E-state index contributed by atoms with van der Waals surface area (Å²) in [5.41, 5.74) is 3.49. The summed E-state index contributed by atoms with van der Waals surface area (Å²) in [5.74, 6) is 0.486. The Hall–Kier alpha value is -2.91. The molecule has 4 aromatic rings. The monoisotopic (exact) mass is 414 g/mol. The summed E-state index contributed by atoms with van der Waals surface area (Å²) in [5, 5.41) is 4.30. The maximum absolute atomic E-state index is 12.7. The van der Waals surface area contributed by atoms with Gasteiger partial charge in [0.25, 0.3) is 10.0 Å². The van der Waals surface area contributed by atoms with Gasteiger partial charge in [0.1, 0.15) is 4.21 Å². The van der Waals surface area contributed by atoms with Crippen molar-refractivity contribution in [2.24, 2.45) is 0 Å². The molecule has 1 aromatic carbocycles. The van der Waals surface area contributed by atoms with Crippen molar-refractivity contribution in [2.45, 2.75) is 18.1 Å². The number of fused-ring (bicyclic) bond motifs is 1. The molecule has 3 aromatic heterocycles. The predicted molar refractivity (Wildman–Crippen MR) is 110 cm³/mol. The summed E-state index contributed by atoms with van der Waals surface area (Å²) < 4.78 is 35.1. The minimum Gasteiger partial charge on any atom is -0.480 e. The number of ether oxygens (including phenoxy) is 1. The van der Waals surface area contributed by atoms with E-state index in [0.717, 1.165) is 16.0 Å². The zero-order valence-electron chi connectivity index (χ0n) is 15.5. The van der Waals surface area contributed by atoms with E-state index in [9.17, 15) is 8.42 Å². The molecule has 0 radical (unpaired) electrons. The minimum absolute atomic E-state index is 0.291. The van der Waals surface area contributed by atoms with E-state index >= 15 is 0 Å². The van der Waals surface area contributed by atoms with Gasteiger partial charge in [-0.2, -0.15) is 0 Å². The minimum atomic E-state index is -3.63. The molecule has 0 bridgehead atoms. The first-order valence-electron chi connectivity index (χ1n) is 8.46. The van der Waals surface area contributed by atoms with Gasteiger partial charge in [0.15, 0.2) is 5.65 Å². The summed E-state index contributed by atoms with van der Waals surface area (Å²) in [7, 11) is -2.08. The average molecular weight is 415 g/mol. The Balaban J connectivity index is 1.71. The number of benzene rings is 1. The number of aromatic nitrogens is 3. The predicted octanol–water partition coefficient (Wildman–Crippen LogP) is 3.88. The summed E-state index contributed by atoms with van der Waals surface area (Å²) in [6.07, 6.45) is 1.78. The fourth-order valence-electron chi connectivity index (χ4n) is 2.76. The fourth-order valence-corrected chi connectivity index (χ4v) is 5.16. The van der Waals surface area contributed by atoms with Crippen molar-refractivity contribution in [3.8, 4) is 17.1 Å². The molecule has 0 saturated carbocycles. The molecule has 0 amide bonds. The lowest BCUT2D eigenvalue weighted by Gasteiger charge is -2.10. The third kappa shape index (κ3) is 3.46. The van der Waals surface area contributed by atoms with Crippen LogP contribution in [0.3, 0.4) is 0 Å². The van der Waals surface area contributed by atoms with Crippen LogP contribution in [-0.4, -0.2) is 30.1 Å². The van der Waals surface area contributed by atoms with Crippen LogP contribution in [0.1, 0.15) is 10.4 Å². The van der Waals surface area contributed by atoms with Crippen molar-refractivity contribution in [3.63, 3.8) is 0 Å². The molecule has 7 nitrogen and oxygen atoms in total. The van der Waals surface area contributed by atoms with Crippen molar-refractivity contribution in [3.05, 3.63) is 59.1 Å². The molecule has 0 aliphatic carbocycles. The highest BCUT2D eigenvalue weighted by Gasteiger charge is 2.18. The third-order valence-electron chi connectivity index (χ3n) is 4.26. The van der Waals surface area contributed by atoms with Crippen molar-refractivity contribution >= 4 is 32.7 Å². The molecule has 0 atom stereocenters. The van der Waals surface area contributed by atoms with Gasteiger partial charge in [-0.15, -0.1) is 16.4 Å². The van der Waals surface area contributed by atoms with Crippen molar-refractivity contribution < 1.29 is 13.2 Å². The Morgan fingerprint density at radius 2 is 1.93 bits per heavy atom.